The van der Waals surface area contributed by atoms with E-state index in [0.29, 0.717) is 11.1 Å². The number of nitrogens with two attached hydrogens (primary N) is 4. The molecule has 0 saturated carbocycles. The molecule has 23 heteroatoms. The normalized spacial score (nSPS) is 17.6. The smallest absolute Gasteiger partial charge is 0.326 e. The van der Waals surface area contributed by atoms with Crippen LogP contribution in [0.5, 0.6) is 17.2 Å². The molecule has 0 aliphatic carbocycles. The number of fused-ring (bicyclic) bond motifs is 5. The van der Waals surface area contributed by atoms with Crippen LogP contribution in [0.2, 0.25) is 0 Å². The Hall–Kier alpha value is -7.05. The van der Waals surface area contributed by atoms with Crippen LogP contribution in [0.1, 0.15) is 79.3 Å². The van der Waals surface area contributed by atoms with Crippen molar-refractivity contribution in [3.05, 3.63) is 82.5 Å². The molecule has 4 amide bonds. The highest BCUT2D eigenvalue weighted by molar-refractivity contribution is 6.03. The van der Waals surface area contributed by atoms with Gasteiger partial charge >= 0.3 is 5.97 Å². The number of carbonyl (C=O) groups is 5. The van der Waals surface area contributed by atoms with Gasteiger partial charge in [-0.2, -0.15) is 0 Å². The number of aliphatic hydroxyl groups is 2. The number of anilines is 1. The minimum absolute atomic E-state index is 0.0160. The van der Waals surface area contributed by atoms with Crippen molar-refractivity contribution in [2.45, 2.75) is 88.8 Å². The van der Waals surface area contributed by atoms with E-state index in [9.17, 15) is 53.2 Å². The van der Waals surface area contributed by atoms with Crippen molar-refractivity contribution < 1.29 is 62.7 Å². The van der Waals surface area contributed by atoms with Gasteiger partial charge in [0.25, 0.3) is 12.3 Å². The molecular weight excluding hydrogens is 919 g/mol. The number of aliphatic hydroxyl groups excluding tert-OH is 2. The fourth-order valence-electron chi connectivity index (χ4n) is 7.45. The number of likely N-dealkylation sites (N-methyl/N-ethyl adjacent to an activating group) is 1. The summed E-state index contributed by atoms with van der Waals surface area (Å²) in [7, 11) is 1.16. The van der Waals surface area contributed by atoms with Gasteiger partial charge in [-0.05, 0) is 66.3 Å². The Kier molecular flexibility index (Phi) is 17.7. The Morgan fingerprint density at radius 1 is 0.900 bits per heavy atom. The first-order valence-electron chi connectivity index (χ1n) is 22.2. The van der Waals surface area contributed by atoms with E-state index >= 15 is 0 Å². The minimum Gasteiger partial charge on any atom is -0.504 e. The fourth-order valence-corrected chi connectivity index (χ4v) is 7.45. The molecule has 1 aliphatic heterocycles. The number of nitrogens with one attached hydrogen (secondary N) is 3. The van der Waals surface area contributed by atoms with Crippen LogP contribution < -0.4 is 48.4 Å². The first-order valence-corrected chi connectivity index (χ1v) is 22.2. The summed E-state index contributed by atoms with van der Waals surface area (Å²) >= 11 is 0. The van der Waals surface area contributed by atoms with Crippen LogP contribution in [-0.2, 0) is 31.0 Å². The highest BCUT2D eigenvalue weighted by atomic mass is 19.3. The maximum Gasteiger partial charge on any atom is 0.326 e. The number of nitrogens with zero attached hydrogens (tertiary/aromatic N) is 3. The van der Waals surface area contributed by atoms with Gasteiger partial charge in [0.05, 0.1) is 0 Å². The summed E-state index contributed by atoms with van der Waals surface area (Å²) in [6, 6.07) is 7.20. The summed E-state index contributed by atoms with van der Waals surface area (Å²) in [5.41, 5.74) is 22.7. The number of aromatic nitrogens is 2. The van der Waals surface area contributed by atoms with Gasteiger partial charge in [0.2, 0.25) is 17.7 Å². The van der Waals surface area contributed by atoms with Crippen LogP contribution in [0.15, 0.2) is 54.6 Å². The molecule has 4 bridgehead atoms. The molecule has 4 aromatic rings. The SMILES string of the molecule is CC1NC(=O)C(N(C)C(=O)C(CCN)NC(=O)c2c(N)nc(-c3ccc(C(C)(C)C)cc3)nc2C(F)F)c2cc(OCC(O)CN)c(O)c(c2)-c2cc(ccc2OCC(O)CN)CC(C(=O)O)NC1=O. The highest BCUT2D eigenvalue weighted by Crippen LogP contribution is 2.45. The zero-order chi connectivity index (χ0) is 51.8. The molecule has 378 valence electrons. The molecule has 15 N–H and O–H groups in total. The van der Waals surface area contributed by atoms with Gasteiger partial charge in [0, 0.05) is 43.2 Å². The number of carboxylic acids is 1. The highest BCUT2D eigenvalue weighted by Gasteiger charge is 2.38. The van der Waals surface area contributed by atoms with Crippen molar-refractivity contribution in [2.24, 2.45) is 17.2 Å². The van der Waals surface area contributed by atoms with Crippen molar-refractivity contribution in [1.82, 2.24) is 30.8 Å². The quantitative estimate of drug-likeness (QED) is 0.0703. The number of rotatable bonds is 17. The van der Waals surface area contributed by atoms with E-state index in [1.807, 2.05) is 20.8 Å². The number of hydrogen-bond acceptors (Lipinski definition) is 16. The summed E-state index contributed by atoms with van der Waals surface area (Å²) in [5.74, 6) is -7.43. The number of phenolic OH excluding ortho intramolecular Hbond substituents is 1. The number of aliphatic carboxylic acids is 1. The van der Waals surface area contributed by atoms with Crippen molar-refractivity contribution in [3.63, 3.8) is 0 Å². The molecule has 1 aromatic heterocycles. The summed E-state index contributed by atoms with van der Waals surface area (Å²) in [6.07, 6.45) is -6.36. The molecule has 6 atom stereocenters. The zero-order valence-electron chi connectivity index (χ0n) is 39.2. The Labute approximate surface area is 401 Å². The summed E-state index contributed by atoms with van der Waals surface area (Å²) < 4.78 is 41.3. The van der Waals surface area contributed by atoms with Crippen molar-refractivity contribution in [3.8, 4) is 39.8 Å². The number of aromatic hydroxyl groups is 1. The molecule has 0 saturated heterocycles. The Balaban J connectivity index is 1.65. The van der Waals surface area contributed by atoms with Gasteiger partial charge in [0.15, 0.2) is 17.3 Å². The topological polar surface area (TPSA) is 354 Å². The van der Waals surface area contributed by atoms with Gasteiger partial charge in [-0.15, -0.1) is 0 Å². The molecule has 2 heterocycles. The minimum atomic E-state index is -3.34. The first kappa shape index (κ1) is 53.9. The maximum absolute atomic E-state index is 14.8. The monoisotopic (exact) mass is 978 g/mol. The molecule has 0 spiro atoms. The van der Waals surface area contributed by atoms with Gasteiger partial charge in [-0.1, -0.05) is 51.1 Å². The number of phenols is 1. The number of alkyl halides is 2. The molecule has 6 unspecified atom stereocenters. The fraction of sp³-hybridized carbons (Fsp3) is 0.426. The average Bonchev–Trinajstić information content (AvgIpc) is 3.31. The molecular formula is C47H60F2N10O11. The molecule has 70 heavy (non-hydrogen) atoms. The Morgan fingerprint density at radius 3 is 2.10 bits per heavy atom. The predicted molar refractivity (Wildman–Crippen MR) is 252 cm³/mol. The second kappa shape index (κ2) is 23.0. The van der Waals surface area contributed by atoms with Gasteiger partial charge < -0.3 is 73.7 Å². The van der Waals surface area contributed by atoms with Crippen molar-refractivity contribution >= 4 is 35.4 Å². The number of nitrogen functional groups attached to an aromatic ring is 1. The molecule has 0 radical (unpaired) electrons. The first-order chi connectivity index (χ1) is 33.0. The van der Waals surface area contributed by atoms with E-state index in [0.717, 1.165) is 17.5 Å². The van der Waals surface area contributed by atoms with Crippen LogP contribution in [0, 0.1) is 0 Å². The number of hydrogen-bond donors (Lipinski definition) is 11. The van der Waals surface area contributed by atoms with Gasteiger partial charge in [0.1, 0.15) is 72.4 Å². The second-order valence-corrected chi connectivity index (χ2v) is 17.8. The van der Waals surface area contributed by atoms with Crippen LogP contribution in [0.25, 0.3) is 22.5 Å². The van der Waals surface area contributed by atoms with Crippen molar-refractivity contribution in [2.75, 3.05) is 45.6 Å². The molecule has 3 aromatic carbocycles. The van der Waals surface area contributed by atoms with Gasteiger partial charge in [-0.25, -0.2) is 23.5 Å². The van der Waals surface area contributed by atoms with Crippen molar-refractivity contribution in [1.29, 1.82) is 0 Å². The van der Waals surface area contributed by atoms with Crippen LogP contribution in [0.3, 0.4) is 0 Å². The standard InChI is InChI=1S/C47H60F2N10O11/c1-22-42(63)56-32(46(67)68)15-23-6-11-33(69-20-27(60)18-51)29(14-23)30-16-25(17-34(38(30)62)70-21-28(61)19-52)37(44(65)54-22)59(5)45(66)31(12-13-50)55-43(64)35-36(39(48)49)57-41(58-40(35)53)24-7-9-26(10-8-24)47(2,3)4/h6-11,14,16-17,22,27-28,31-32,37,39,60-62H,12-13,15,18-21,50-52H2,1-5H3,(H,54,65)(H,55,64)(H,56,63)(H,67,68)(H2,53,57,58). The second-order valence-electron chi connectivity index (χ2n) is 17.8. The molecule has 5 rings (SSSR count). The summed E-state index contributed by atoms with van der Waals surface area (Å²) in [4.78, 5) is 78.4. The van der Waals surface area contributed by atoms with E-state index in [1.165, 1.54) is 37.3 Å². The lowest BCUT2D eigenvalue weighted by Crippen LogP contribution is -2.55. The lowest BCUT2D eigenvalue weighted by molar-refractivity contribution is -0.143. The largest absolute Gasteiger partial charge is 0.504 e. The molecule has 0 fully saturated rings. The lowest BCUT2D eigenvalue weighted by Gasteiger charge is -2.33. The number of carboxylic acid groups (broad SMARTS) is 1. The number of ether oxygens (including phenoxy) is 2. The predicted octanol–water partition coefficient (Wildman–Crippen LogP) is 1.01. The third-order valence-corrected chi connectivity index (χ3v) is 11.4. The van der Waals surface area contributed by atoms with Crippen LogP contribution in [-0.4, -0.2) is 135 Å². The zero-order valence-corrected chi connectivity index (χ0v) is 39.2. The number of amides is 4. The van der Waals surface area contributed by atoms with Gasteiger partial charge in [-0.3, -0.25) is 19.2 Å². The molecule has 21 nitrogen and oxygen atoms in total. The van der Waals surface area contributed by atoms with E-state index in [4.69, 9.17) is 32.4 Å². The lowest BCUT2D eigenvalue weighted by atomic mass is 9.86. The van der Waals surface area contributed by atoms with E-state index < -0.39 is 102 Å². The Bertz CT molecular complexity index is 2560. The molecule has 1 aliphatic rings. The van der Waals surface area contributed by atoms with E-state index in [-0.39, 0.29) is 78.5 Å². The van der Waals surface area contributed by atoms with E-state index in [1.54, 1.807) is 24.3 Å². The number of benzene rings is 3. The average molecular weight is 979 g/mol. The van der Waals surface area contributed by atoms with Crippen LogP contribution >= 0.6 is 0 Å². The Morgan fingerprint density at radius 2 is 1.53 bits per heavy atom. The van der Waals surface area contributed by atoms with E-state index in [2.05, 4.69) is 25.9 Å². The third-order valence-electron chi connectivity index (χ3n) is 11.4. The maximum atomic E-state index is 14.8. The third kappa shape index (κ3) is 12.8. The summed E-state index contributed by atoms with van der Waals surface area (Å²) in [5, 5.41) is 49.9. The number of halogens is 2. The number of carbonyl (C=O) groups excluding carboxylic acids is 4. The summed E-state index contributed by atoms with van der Waals surface area (Å²) in [6.45, 7) is 5.71. The van der Waals surface area contributed by atoms with Crippen LogP contribution in [0.4, 0.5) is 14.6 Å².